The third-order valence-corrected chi connectivity index (χ3v) is 3.50. The van der Waals surface area contributed by atoms with Crippen LogP contribution in [-0.4, -0.2) is 29.0 Å². The minimum atomic E-state index is -1.03. The van der Waals surface area contributed by atoms with Crippen molar-refractivity contribution in [3.63, 3.8) is 0 Å². The number of pyridine rings is 2. The number of carbonyl (C=O) groups is 1. The fraction of sp³-hybridized carbons (Fsp3) is 0.308. The van der Waals surface area contributed by atoms with Crippen molar-refractivity contribution in [1.82, 2.24) is 9.55 Å². The molecule has 0 aliphatic heterocycles. The highest BCUT2D eigenvalue weighted by molar-refractivity contribution is 6.44. The van der Waals surface area contributed by atoms with Crippen LogP contribution in [0.1, 0.15) is 6.92 Å². The molecule has 9 heteroatoms. The van der Waals surface area contributed by atoms with Crippen molar-refractivity contribution in [1.29, 1.82) is 0 Å². The van der Waals surface area contributed by atoms with Crippen LogP contribution < -0.4 is 10.2 Å². The molecule has 2 heterocycles. The number of hydrogen-bond donors (Lipinski definition) is 0. The molecule has 0 radical (unpaired) electrons. The number of halogens is 3. The van der Waals surface area contributed by atoms with Gasteiger partial charge in [-0.15, -0.1) is 0 Å². The van der Waals surface area contributed by atoms with E-state index in [4.69, 9.17) is 27.9 Å². The summed E-state index contributed by atoms with van der Waals surface area (Å²) in [5, 5.41) is 0.0669. The molecule has 2 aromatic rings. The first kappa shape index (κ1) is 16.5. The van der Waals surface area contributed by atoms with Crippen molar-refractivity contribution in [3.8, 4) is 5.75 Å². The number of ether oxygens (including phenoxy) is 2. The van der Waals surface area contributed by atoms with Crippen molar-refractivity contribution in [2.45, 2.75) is 13.5 Å². The Morgan fingerprint density at radius 1 is 1.45 bits per heavy atom. The van der Waals surface area contributed by atoms with Crippen LogP contribution in [0.3, 0.4) is 0 Å². The molecule has 0 N–H and O–H groups in total. The van der Waals surface area contributed by atoms with E-state index in [9.17, 15) is 14.0 Å². The molecular formula is C13H11Cl2FN2O4. The van der Waals surface area contributed by atoms with Crippen molar-refractivity contribution in [3.05, 3.63) is 32.8 Å². The van der Waals surface area contributed by atoms with Crippen LogP contribution in [0, 0.1) is 0 Å². The Morgan fingerprint density at radius 3 is 2.82 bits per heavy atom. The highest BCUT2D eigenvalue weighted by Crippen LogP contribution is 2.28. The van der Waals surface area contributed by atoms with E-state index in [0.717, 1.165) is 0 Å². The molecule has 0 atom stereocenters. The number of alkyl halides is 1. The van der Waals surface area contributed by atoms with Crippen molar-refractivity contribution in [2.75, 3.05) is 13.3 Å². The van der Waals surface area contributed by atoms with E-state index in [1.807, 2.05) is 0 Å². The lowest BCUT2D eigenvalue weighted by Gasteiger charge is -2.13. The fourth-order valence-corrected chi connectivity index (χ4v) is 2.27. The van der Waals surface area contributed by atoms with Crippen molar-refractivity contribution in [2.24, 2.45) is 0 Å². The molecule has 6 nitrogen and oxygen atoms in total. The Bertz CT molecular complexity index is 779. The molecule has 0 bridgehead atoms. The summed E-state index contributed by atoms with van der Waals surface area (Å²) in [7, 11) is 0. The van der Waals surface area contributed by atoms with Crippen LogP contribution >= 0.6 is 23.2 Å². The normalized spacial score (nSPS) is 10.7. The van der Waals surface area contributed by atoms with E-state index in [1.165, 1.54) is 17.0 Å². The van der Waals surface area contributed by atoms with Gasteiger partial charge in [-0.3, -0.25) is 4.79 Å². The van der Waals surface area contributed by atoms with Crippen LogP contribution in [0.25, 0.3) is 10.9 Å². The molecule has 2 rings (SSSR count). The van der Waals surface area contributed by atoms with Crippen LogP contribution in [0.15, 0.2) is 17.2 Å². The van der Waals surface area contributed by atoms with E-state index < -0.39 is 18.3 Å². The molecule has 0 aliphatic carbocycles. The smallest absolute Gasteiger partial charge is 0.434 e. The van der Waals surface area contributed by atoms with Crippen LogP contribution in [0.5, 0.6) is 5.75 Å². The largest absolute Gasteiger partial charge is 0.514 e. The van der Waals surface area contributed by atoms with Gasteiger partial charge in [0.15, 0.2) is 5.75 Å². The van der Waals surface area contributed by atoms with E-state index >= 15 is 0 Å². The molecule has 118 valence electrons. The maximum absolute atomic E-state index is 12.7. The maximum atomic E-state index is 12.7. The van der Waals surface area contributed by atoms with Gasteiger partial charge in [0.1, 0.15) is 16.9 Å². The average molecular weight is 349 g/mol. The summed E-state index contributed by atoms with van der Waals surface area (Å²) in [5.41, 5.74) is -0.398. The Morgan fingerprint density at radius 2 is 2.18 bits per heavy atom. The van der Waals surface area contributed by atoms with Gasteiger partial charge in [0.2, 0.25) is 5.43 Å². The highest BCUT2D eigenvalue weighted by Gasteiger charge is 2.18. The van der Waals surface area contributed by atoms with Gasteiger partial charge in [-0.25, -0.2) is 14.2 Å². The fourth-order valence-electron chi connectivity index (χ4n) is 1.88. The van der Waals surface area contributed by atoms with E-state index in [1.54, 1.807) is 6.92 Å². The second-order valence-corrected chi connectivity index (χ2v) is 4.85. The molecule has 0 aliphatic rings. The SMILES string of the molecule is CCOC(=O)Oc1cn(CCF)c2c(Cl)c(Cl)ncc2c1=O. The first-order valence-corrected chi connectivity index (χ1v) is 7.02. The van der Waals surface area contributed by atoms with Gasteiger partial charge in [0.05, 0.1) is 30.3 Å². The number of carbonyl (C=O) groups excluding carboxylic acids is 1. The number of aromatic nitrogens is 2. The molecule has 0 amide bonds. The predicted molar refractivity (Wildman–Crippen MR) is 79.6 cm³/mol. The number of rotatable bonds is 4. The van der Waals surface area contributed by atoms with Gasteiger partial charge < -0.3 is 14.0 Å². The second kappa shape index (κ2) is 6.93. The third kappa shape index (κ3) is 3.15. The van der Waals surface area contributed by atoms with E-state index in [-0.39, 0.29) is 40.0 Å². The van der Waals surface area contributed by atoms with Gasteiger partial charge in [0.25, 0.3) is 0 Å². The average Bonchev–Trinajstić information content (AvgIpc) is 2.47. The first-order valence-electron chi connectivity index (χ1n) is 6.27. The summed E-state index contributed by atoms with van der Waals surface area (Å²) in [4.78, 5) is 27.4. The molecule has 0 saturated heterocycles. The molecule has 2 aromatic heterocycles. The van der Waals surface area contributed by atoms with Gasteiger partial charge in [-0.05, 0) is 6.92 Å². The lowest BCUT2D eigenvalue weighted by Crippen LogP contribution is -2.19. The topological polar surface area (TPSA) is 70.4 Å². The lowest BCUT2D eigenvalue weighted by atomic mass is 10.2. The lowest BCUT2D eigenvalue weighted by molar-refractivity contribution is 0.104. The molecular weight excluding hydrogens is 338 g/mol. The standard InChI is InChI=1S/C13H11Cl2FN2O4/c1-2-21-13(20)22-8-6-18(4-3-16)10-7(11(8)19)5-17-12(15)9(10)14/h5-6H,2-4H2,1H3. The minimum Gasteiger partial charge on any atom is -0.434 e. The molecule has 0 fully saturated rings. The Kier molecular flexibility index (Phi) is 5.20. The van der Waals surface area contributed by atoms with Gasteiger partial charge >= 0.3 is 6.16 Å². The zero-order valence-electron chi connectivity index (χ0n) is 11.4. The number of nitrogens with zero attached hydrogens (tertiary/aromatic N) is 2. The summed E-state index contributed by atoms with van der Waals surface area (Å²) in [6.07, 6.45) is 1.35. The number of fused-ring (bicyclic) bond motifs is 1. The molecule has 0 spiro atoms. The summed E-state index contributed by atoms with van der Waals surface area (Å²) < 4.78 is 23.5. The number of hydrogen-bond acceptors (Lipinski definition) is 5. The second-order valence-electron chi connectivity index (χ2n) is 4.12. The van der Waals surface area contributed by atoms with Crippen LogP contribution in [0.4, 0.5) is 9.18 Å². The maximum Gasteiger partial charge on any atom is 0.514 e. The summed E-state index contributed by atoms with van der Waals surface area (Å²) in [6.45, 7) is 0.867. The number of aryl methyl sites for hydroxylation is 1. The van der Waals surface area contributed by atoms with E-state index in [2.05, 4.69) is 9.72 Å². The van der Waals surface area contributed by atoms with Crippen LogP contribution in [0.2, 0.25) is 10.2 Å². The molecule has 0 saturated carbocycles. The summed E-state index contributed by atoms with van der Waals surface area (Å²) in [5.74, 6) is -0.306. The van der Waals surface area contributed by atoms with Crippen molar-refractivity contribution < 1.29 is 18.7 Å². The minimum absolute atomic E-state index is 0.0137. The predicted octanol–water partition coefficient (Wildman–Crippen LogP) is 3.21. The first-order chi connectivity index (χ1) is 10.5. The van der Waals surface area contributed by atoms with Crippen molar-refractivity contribution >= 4 is 40.3 Å². The molecule has 0 unspecified atom stereocenters. The zero-order chi connectivity index (χ0) is 16.3. The van der Waals surface area contributed by atoms with Gasteiger partial charge in [-0.2, -0.15) is 0 Å². The Hall–Kier alpha value is -1.86. The Balaban J connectivity index is 2.66. The van der Waals surface area contributed by atoms with Gasteiger partial charge in [-0.1, -0.05) is 23.2 Å². The Labute approximate surface area is 134 Å². The molecule has 22 heavy (non-hydrogen) atoms. The molecule has 0 aromatic carbocycles. The zero-order valence-corrected chi connectivity index (χ0v) is 12.9. The summed E-state index contributed by atoms with van der Waals surface area (Å²) in [6, 6.07) is 0. The highest BCUT2D eigenvalue weighted by atomic mass is 35.5. The van der Waals surface area contributed by atoms with Gasteiger partial charge in [0, 0.05) is 6.20 Å². The summed E-state index contributed by atoms with van der Waals surface area (Å²) >= 11 is 11.9. The van der Waals surface area contributed by atoms with E-state index in [0.29, 0.717) is 0 Å². The van der Waals surface area contributed by atoms with Crippen LogP contribution in [-0.2, 0) is 11.3 Å². The third-order valence-electron chi connectivity index (χ3n) is 2.76. The monoisotopic (exact) mass is 348 g/mol. The quantitative estimate of drug-likeness (QED) is 0.626.